The van der Waals surface area contributed by atoms with Gasteiger partial charge in [0, 0.05) is 10.6 Å². The molecule has 1 N–H and O–H groups in total. The number of fused-ring (bicyclic) bond motifs is 1. The fourth-order valence-corrected chi connectivity index (χ4v) is 3.47. The monoisotopic (exact) mass is 357 g/mol. The number of aryl methyl sites for hydroxylation is 2. The van der Waals surface area contributed by atoms with Crippen molar-refractivity contribution >= 4 is 44.7 Å². The Labute approximate surface area is 139 Å². The summed E-state index contributed by atoms with van der Waals surface area (Å²) in [5.41, 5.74) is 0.549. The largest absolute Gasteiger partial charge is 0.416 e. The number of anilines is 2. The third-order valence-electron chi connectivity index (χ3n) is 3.45. The highest BCUT2D eigenvalue weighted by Gasteiger charge is 2.30. The van der Waals surface area contributed by atoms with Gasteiger partial charge < -0.3 is 5.32 Å². The van der Waals surface area contributed by atoms with Gasteiger partial charge in [-0.05, 0) is 49.2 Å². The van der Waals surface area contributed by atoms with Gasteiger partial charge in [0.25, 0.3) is 0 Å². The lowest BCUT2D eigenvalue weighted by atomic mass is 10.2. The number of rotatable bonds is 2. The highest BCUT2D eigenvalue weighted by molar-refractivity contribution is 7.18. The molecule has 3 rings (SSSR count). The zero-order valence-electron chi connectivity index (χ0n) is 12.1. The van der Waals surface area contributed by atoms with Crippen LogP contribution < -0.4 is 5.32 Å². The molecule has 0 unspecified atom stereocenters. The normalized spacial score (nSPS) is 11.9. The molecule has 0 radical (unpaired) electrons. The molecule has 0 amide bonds. The van der Waals surface area contributed by atoms with Crippen LogP contribution >= 0.6 is 22.9 Å². The molecule has 0 atom stereocenters. The van der Waals surface area contributed by atoms with Gasteiger partial charge in [-0.1, -0.05) is 6.07 Å². The maximum atomic E-state index is 12.8. The van der Waals surface area contributed by atoms with Gasteiger partial charge in [0.15, 0.2) is 0 Å². The van der Waals surface area contributed by atoms with Gasteiger partial charge in [-0.3, -0.25) is 0 Å². The van der Waals surface area contributed by atoms with Gasteiger partial charge in [0.05, 0.1) is 10.9 Å². The molecule has 23 heavy (non-hydrogen) atoms. The third-order valence-corrected chi connectivity index (χ3v) is 4.72. The van der Waals surface area contributed by atoms with Crippen molar-refractivity contribution in [1.29, 1.82) is 0 Å². The van der Waals surface area contributed by atoms with E-state index in [1.54, 1.807) is 6.07 Å². The lowest BCUT2D eigenvalue weighted by molar-refractivity contribution is -0.137. The molecule has 2 aromatic heterocycles. The van der Waals surface area contributed by atoms with E-state index in [2.05, 4.69) is 15.3 Å². The standard InChI is InChI=1S/C15H11ClF3N3S/c1-7-8(2)23-13-11(7)12(21-14(16)22-13)20-10-5-3-4-9(6-10)15(17,18)19/h3-6H,1-2H3,(H,20,21,22). The lowest BCUT2D eigenvalue weighted by Crippen LogP contribution is -2.05. The highest BCUT2D eigenvalue weighted by Crippen LogP contribution is 2.36. The second kappa shape index (κ2) is 5.65. The summed E-state index contributed by atoms with van der Waals surface area (Å²) in [6, 6.07) is 4.95. The Balaban J connectivity index is 2.08. The van der Waals surface area contributed by atoms with Crippen molar-refractivity contribution in [1.82, 2.24) is 9.97 Å². The number of benzene rings is 1. The smallest absolute Gasteiger partial charge is 0.340 e. The lowest BCUT2D eigenvalue weighted by Gasteiger charge is -2.11. The summed E-state index contributed by atoms with van der Waals surface area (Å²) in [4.78, 5) is 10.1. The quantitative estimate of drug-likeness (QED) is 0.596. The molecule has 0 aliphatic carbocycles. The van der Waals surface area contributed by atoms with Crippen LogP contribution in [0.25, 0.3) is 10.2 Å². The second-order valence-electron chi connectivity index (χ2n) is 5.01. The highest BCUT2D eigenvalue weighted by atomic mass is 35.5. The number of thiophene rings is 1. The fourth-order valence-electron chi connectivity index (χ4n) is 2.22. The summed E-state index contributed by atoms with van der Waals surface area (Å²) in [6.07, 6.45) is -4.40. The van der Waals surface area contributed by atoms with Gasteiger partial charge in [0.1, 0.15) is 10.6 Å². The predicted molar refractivity (Wildman–Crippen MR) is 86.6 cm³/mol. The SMILES string of the molecule is Cc1sc2nc(Cl)nc(Nc3cccc(C(F)(F)F)c3)c2c1C. The molecule has 0 fully saturated rings. The molecule has 3 aromatic rings. The van der Waals surface area contributed by atoms with Gasteiger partial charge >= 0.3 is 6.18 Å². The summed E-state index contributed by atoms with van der Waals surface area (Å²) in [5.74, 6) is 0.404. The van der Waals surface area contributed by atoms with E-state index in [4.69, 9.17) is 11.6 Å². The van der Waals surface area contributed by atoms with Crippen LogP contribution in [0.5, 0.6) is 0 Å². The third kappa shape index (κ3) is 3.11. The predicted octanol–water partition coefficient (Wildman–Crippen LogP) is 5.72. The molecule has 0 bridgehead atoms. The van der Waals surface area contributed by atoms with Gasteiger partial charge in [-0.2, -0.15) is 18.2 Å². The van der Waals surface area contributed by atoms with E-state index in [0.717, 1.165) is 28.0 Å². The Morgan fingerprint density at radius 2 is 1.91 bits per heavy atom. The van der Waals surface area contributed by atoms with Crippen LogP contribution in [0.3, 0.4) is 0 Å². The Kier molecular flexibility index (Phi) is 3.93. The Hall–Kier alpha value is -1.86. The van der Waals surface area contributed by atoms with E-state index >= 15 is 0 Å². The second-order valence-corrected chi connectivity index (χ2v) is 6.55. The van der Waals surface area contributed by atoms with Crippen molar-refractivity contribution in [3.8, 4) is 0 Å². The Morgan fingerprint density at radius 3 is 2.61 bits per heavy atom. The molecular weight excluding hydrogens is 347 g/mol. The first-order chi connectivity index (χ1) is 10.8. The van der Waals surface area contributed by atoms with Crippen LogP contribution in [0.4, 0.5) is 24.7 Å². The molecule has 0 aliphatic rings. The first-order valence-corrected chi connectivity index (χ1v) is 7.82. The molecule has 120 valence electrons. The van der Waals surface area contributed by atoms with Crippen LogP contribution in [0, 0.1) is 13.8 Å². The number of hydrogen-bond donors (Lipinski definition) is 1. The number of alkyl halides is 3. The van der Waals surface area contributed by atoms with E-state index < -0.39 is 11.7 Å². The number of halogens is 4. The number of nitrogens with zero attached hydrogens (tertiary/aromatic N) is 2. The molecular formula is C15H11ClF3N3S. The van der Waals surface area contributed by atoms with E-state index in [1.165, 1.54) is 17.4 Å². The van der Waals surface area contributed by atoms with Crippen molar-refractivity contribution in [2.45, 2.75) is 20.0 Å². The van der Waals surface area contributed by atoms with Crippen molar-refractivity contribution in [2.24, 2.45) is 0 Å². The van der Waals surface area contributed by atoms with E-state index in [0.29, 0.717) is 16.3 Å². The number of hydrogen-bond acceptors (Lipinski definition) is 4. The van der Waals surface area contributed by atoms with Crippen LogP contribution in [-0.2, 0) is 6.18 Å². The van der Waals surface area contributed by atoms with E-state index in [1.807, 2.05) is 13.8 Å². The molecule has 8 heteroatoms. The van der Waals surface area contributed by atoms with Crippen LogP contribution in [0.2, 0.25) is 5.28 Å². The Morgan fingerprint density at radius 1 is 1.17 bits per heavy atom. The van der Waals surface area contributed by atoms with Crippen LogP contribution in [-0.4, -0.2) is 9.97 Å². The first-order valence-electron chi connectivity index (χ1n) is 6.63. The topological polar surface area (TPSA) is 37.8 Å². The molecule has 2 heterocycles. The van der Waals surface area contributed by atoms with Crippen molar-refractivity contribution < 1.29 is 13.2 Å². The minimum atomic E-state index is -4.40. The van der Waals surface area contributed by atoms with Crippen molar-refractivity contribution in [3.63, 3.8) is 0 Å². The maximum Gasteiger partial charge on any atom is 0.416 e. The van der Waals surface area contributed by atoms with Gasteiger partial charge in [-0.15, -0.1) is 11.3 Å². The molecule has 1 aromatic carbocycles. The van der Waals surface area contributed by atoms with Crippen molar-refractivity contribution in [2.75, 3.05) is 5.32 Å². The number of nitrogens with one attached hydrogen (secondary N) is 1. The molecule has 0 saturated carbocycles. The minimum absolute atomic E-state index is 0.0493. The summed E-state index contributed by atoms with van der Waals surface area (Å²) in [6.45, 7) is 3.87. The van der Waals surface area contributed by atoms with E-state index in [-0.39, 0.29) is 5.28 Å². The van der Waals surface area contributed by atoms with Gasteiger partial charge in [0.2, 0.25) is 5.28 Å². The zero-order chi connectivity index (χ0) is 16.8. The maximum absolute atomic E-state index is 12.8. The van der Waals surface area contributed by atoms with Crippen LogP contribution in [0.1, 0.15) is 16.0 Å². The van der Waals surface area contributed by atoms with Crippen molar-refractivity contribution in [3.05, 3.63) is 45.6 Å². The summed E-state index contributed by atoms with van der Waals surface area (Å²) in [5, 5.41) is 3.75. The van der Waals surface area contributed by atoms with Gasteiger partial charge in [-0.25, -0.2) is 4.98 Å². The molecule has 0 aliphatic heterocycles. The number of aromatic nitrogens is 2. The molecule has 0 spiro atoms. The summed E-state index contributed by atoms with van der Waals surface area (Å²) < 4.78 is 38.5. The van der Waals surface area contributed by atoms with E-state index in [9.17, 15) is 13.2 Å². The first kappa shape index (κ1) is 16.0. The summed E-state index contributed by atoms with van der Waals surface area (Å²) >= 11 is 7.39. The minimum Gasteiger partial charge on any atom is -0.340 e. The summed E-state index contributed by atoms with van der Waals surface area (Å²) in [7, 11) is 0. The Bertz CT molecular complexity index is 890. The van der Waals surface area contributed by atoms with Crippen LogP contribution in [0.15, 0.2) is 24.3 Å². The zero-order valence-corrected chi connectivity index (χ0v) is 13.7. The average Bonchev–Trinajstić information content (AvgIpc) is 2.73. The average molecular weight is 358 g/mol. The molecule has 0 saturated heterocycles. The fraction of sp³-hybridized carbons (Fsp3) is 0.200. The molecule has 3 nitrogen and oxygen atoms in total.